The van der Waals surface area contributed by atoms with Crippen LogP contribution in [0.5, 0.6) is 0 Å². The van der Waals surface area contributed by atoms with Crippen LogP contribution in [0.1, 0.15) is 5.56 Å². The Morgan fingerprint density at radius 2 is 1.88 bits per heavy atom. The first-order valence-electron chi connectivity index (χ1n) is 7.70. The van der Waals surface area contributed by atoms with Gasteiger partial charge in [-0.05, 0) is 12.1 Å². The zero-order valence-electron chi connectivity index (χ0n) is 13.7. The second-order valence-corrected chi connectivity index (χ2v) is 6.91. The van der Waals surface area contributed by atoms with E-state index in [1.54, 1.807) is 19.2 Å². The standard InChI is InChI=1S/C19H14Cl2N2O2S/c1-23(10-16(24)25)19(26)13-9-15(11-5-3-2-4-6-11)22-18-12(13)7-8-14(20)17(18)21/h2-9H,10H2,1H3,(H,24,25). The molecule has 132 valence electrons. The van der Waals surface area contributed by atoms with Gasteiger partial charge in [0.15, 0.2) is 0 Å². The number of carbonyl (C=O) groups is 1. The summed E-state index contributed by atoms with van der Waals surface area (Å²) in [6.45, 7) is -0.204. The van der Waals surface area contributed by atoms with E-state index in [2.05, 4.69) is 4.98 Å². The molecule has 1 aromatic heterocycles. The summed E-state index contributed by atoms with van der Waals surface area (Å²) in [5, 5.41) is 10.5. The zero-order valence-corrected chi connectivity index (χ0v) is 16.1. The van der Waals surface area contributed by atoms with Crippen LogP contribution in [0.4, 0.5) is 0 Å². The van der Waals surface area contributed by atoms with Crippen molar-refractivity contribution < 1.29 is 9.90 Å². The Morgan fingerprint density at radius 3 is 2.54 bits per heavy atom. The summed E-state index contributed by atoms with van der Waals surface area (Å²) < 4.78 is 0. The summed E-state index contributed by atoms with van der Waals surface area (Å²) in [6.07, 6.45) is 0. The number of hydrogen-bond acceptors (Lipinski definition) is 3. The smallest absolute Gasteiger partial charge is 0.323 e. The minimum Gasteiger partial charge on any atom is -0.480 e. The van der Waals surface area contributed by atoms with Gasteiger partial charge in [0.2, 0.25) is 0 Å². The molecule has 0 aliphatic rings. The van der Waals surface area contributed by atoms with Crippen LogP contribution in [0.15, 0.2) is 48.5 Å². The van der Waals surface area contributed by atoms with Crippen molar-refractivity contribution >= 4 is 57.3 Å². The van der Waals surface area contributed by atoms with Gasteiger partial charge in [0.25, 0.3) is 0 Å². The summed E-state index contributed by atoms with van der Waals surface area (Å²) in [5.74, 6) is -0.961. The first-order valence-corrected chi connectivity index (χ1v) is 8.86. The maximum absolute atomic E-state index is 11.0. The van der Waals surface area contributed by atoms with Crippen molar-refractivity contribution in [3.8, 4) is 11.3 Å². The number of fused-ring (bicyclic) bond motifs is 1. The van der Waals surface area contributed by atoms with Gasteiger partial charge >= 0.3 is 5.97 Å². The molecule has 0 saturated carbocycles. The van der Waals surface area contributed by atoms with Gasteiger partial charge in [-0.1, -0.05) is 71.8 Å². The lowest BCUT2D eigenvalue weighted by molar-refractivity contribution is -0.137. The van der Waals surface area contributed by atoms with Crippen molar-refractivity contribution in [1.29, 1.82) is 0 Å². The molecule has 0 amide bonds. The largest absolute Gasteiger partial charge is 0.480 e. The predicted octanol–water partition coefficient (Wildman–Crippen LogP) is 4.90. The molecule has 0 unspecified atom stereocenters. The van der Waals surface area contributed by atoms with Crippen LogP contribution in [0.2, 0.25) is 10.0 Å². The van der Waals surface area contributed by atoms with E-state index in [0.29, 0.717) is 31.8 Å². The number of nitrogens with zero attached hydrogens (tertiary/aromatic N) is 2. The highest BCUT2D eigenvalue weighted by Crippen LogP contribution is 2.34. The van der Waals surface area contributed by atoms with E-state index in [0.717, 1.165) is 10.9 Å². The molecule has 0 fully saturated rings. The van der Waals surface area contributed by atoms with Crippen LogP contribution in [-0.2, 0) is 4.79 Å². The van der Waals surface area contributed by atoms with Gasteiger partial charge < -0.3 is 10.0 Å². The normalized spacial score (nSPS) is 10.7. The monoisotopic (exact) mass is 404 g/mol. The number of halogens is 2. The molecule has 0 saturated heterocycles. The molecule has 0 bridgehead atoms. The van der Waals surface area contributed by atoms with Crippen molar-refractivity contribution in [2.75, 3.05) is 13.6 Å². The molecule has 3 aromatic rings. The molecular formula is C19H14Cl2N2O2S. The van der Waals surface area contributed by atoms with Crippen LogP contribution >= 0.6 is 35.4 Å². The van der Waals surface area contributed by atoms with E-state index >= 15 is 0 Å². The third-order valence-electron chi connectivity index (χ3n) is 3.89. The molecule has 3 rings (SSSR count). The third kappa shape index (κ3) is 3.65. The molecule has 4 nitrogen and oxygen atoms in total. The number of likely N-dealkylation sites (N-methyl/N-ethyl adjacent to an activating group) is 1. The Kier molecular flexibility index (Phi) is 5.41. The summed E-state index contributed by atoms with van der Waals surface area (Å²) in [4.78, 5) is 17.6. The van der Waals surface area contributed by atoms with Gasteiger partial charge in [0.05, 0.1) is 21.3 Å². The average Bonchev–Trinajstić information content (AvgIpc) is 2.63. The highest BCUT2D eigenvalue weighted by atomic mass is 35.5. The molecule has 7 heteroatoms. The molecular weight excluding hydrogens is 391 g/mol. The first kappa shape index (κ1) is 18.6. The average molecular weight is 405 g/mol. The van der Waals surface area contributed by atoms with Crippen LogP contribution < -0.4 is 0 Å². The van der Waals surface area contributed by atoms with Gasteiger partial charge in [0, 0.05) is 23.6 Å². The number of pyridine rings is 1. The van der Waals surface area contributed by atoms with Crippen molar-refractivity contribution in [2.24, 2.45) is 0 Å². The number of thiocarbonyl (C=S) groups is 1. The minimum absolute atomic E-state index is 0.204. The van der Waals surface area contributed by atoms with Crippen LogP contribution in [0, 0.1) is 0 Å². The van der Waals surface area contributed by atoms with Gasteiger partial charge in [-0.3, -0.25) is 4.79 Å². The molecule has 0 aliphatic heterocycles. The summed E-state index contributed by atoms with van der Waals surface area (Å²) >= 11 is 18.1. The Labute approximate surface area is 166 Å². The Hall–Kier alpha value is -2.21. The zero-order chi connectivity index (χ0) is 18.8. The number of carboxylic acid groups (broad SMARTS) is 1. The van der Waals surface area contributed by atoms with Crippen molar-refractivity contribution in [3.63, 3.8) is 0 Å². The first-order chi connectivity index (χ1) is 12.4. The van der Waals surface area contributed by atoms with Crippen molar-refractivity contribution in [2.45, 2.75) is 0 Å². The molecule has 1 N–H and O–H groups in total. The van der Waals surface area contributed by atoms with Crippen LogP contribution in [-0.4, -0.2) is 39.5 Å². The SMILES string of the molecule is CN(CC(=O)O)C(=S)c1cc(-c2ccccc2)nc2c(Cl)c(Cl)ccc12. The van der Waals surface area contributed by atoms with E-state index in [9.17, 15) is 4.79 Å². The topological polar surface area (TPSA) is 53.4 Å². The van der Waals surface area contributed by atoms with Gasteiger partial charge in [-0.2, -0.15) is 0 Å². The van der Waals surface area contributed by atoms with E-state index in [1.807, 2.05) is 36.4 Å². The van der Waals surface area contributed by atoms with Gasteiger partial charge in [-0.15, -0.1) is 0 Å². The molecule has 0 atom stereocenters. The van der Waals surface area contributed by atoms with Gasteiger partial charge in [0.1, 0.15) is 11.5 Å². The number of carboxylic acids is 1. The van der Waals surface area contributed by atoms with E-state index in [4.69, 9.17) is 40.5 Å². The molecule has 26 heavy (non-hydrogen) atoms. The van der Waals surface area contributed by atoms with E-state index in [-0.39, 0.29) is 6.54 Å². The minimum atomic E-state index is -0.961. The molecule has 0 radical (unpaired) electrons. The number of benzene rings is 2. The second kappa shape index (κ2) is 7.58. The van der Waals surface area contributed by atoms with E-state index < -0.39 is 5.97 Å². The van der Waals surface area contributed by atoms with Crippen molar-refractivity contribution in [1.82, 2.24) is 9.88 Å². The maximum Gasteiger partial charge on any atom is 0.323 e. The number of rotatable bonds is 4. The maximum atomic E-state index is 11.0. The van der Waals surface area contributed by atoms with E-state index in [1.165, 1.54) is 4.90 Å². The molecule has 0 spiro atoms. The fraction of sp³-hybridized carbons (Fsp3) is 0.105. The van der Waals surface area contributed by atoms with Crippen LogP contribution in [0.25, 0.3) is 22.2 Å². The Balaban J connectivity index is 2.25. The molecule has 2 aromatic carbocycles. The Bertz CT molecular complexity index is 1010. The highest BCUT2D eigenvalue weighted by molar-refractivity contribution is 7.80. The lowest BCUT2D eigenvalue weighted by Crippen LogP contribution is -2.31. The number of aromatic nitrogens is 1. The lowest BCUT2D eigenvalue weighted by atomic mass is 10.0. The predicted molar refractivity (Wildman–Crippen MR) is 109 cm³/mol. The quantitative estimate of drug-likeness (QED) is 0.626. The summed E-state index contributed by atoms with van der Waals surface area (Å²) in [6, 6.07) is 14.9. The Morgan fingerprint density at radius 1 is 1.19 bits per heavy atom. The van der Waals surface area contributed by atoms with Crippen LogP contribution in [0.3, 0.4) is 0 Å². The number of aliphatic carboxylic acids is 1. The van der Waals surface area contributed by atoms with Crippen molar-refractivity contribution in [3.05, 3.63) is 64.1 Å². The lowest BCUT2D eigenvalue weighted by Gasteiger charge is -2.20. The fourth-order valence-electron chi connectivity index (χ4n) is 2.65. The van der Waals surface area contributed by atoms with Gasteiger partial charge in [-0.25, -0.2) is 4.98 Å². The summed E-state index contributed by atoms with van der Waals surface area (Å²) in [7, 11) is 1.64. The fourth-order valence-corrected chi connectivity index (χ4v) is 3.24. The highest BCUT2D eigenvalue weighted by Gasteiger charge is 2.18. The molecule has 0 aliphatic carbocycles. The summed E-state index contributed by atoms with van der Waals surface area (Å²) in [5.41, 5.74) is 2.80. The molecule has 1 heterocycles. The second-order valence-electron chi connectivity index (χ2n) is 5.73. The number of hydrogen-bond donors (Lipinski definition) is 1. The third-order valence-corrected chi connectivity index (χ3v) is 5.22.